The zero-order valence-corrected chi connectivity index (χ0v) is 19.4. The van der Waals surface area contributed by atoms with E-state index in [4.69, 9.17) is 18.6 Å². The maximum atomic E-state index is 12.8. The topological polar surface area (TPSA) is 79.9 Å². The number of ketones is 1. The monoisotopic (exact) mass is 441 g/mol. The second kappa shape index (κ2) is 10.6. The Morgan fingerprint density at radius 2 is 1.91 bits per heavy atom. The number of methoxy groups -OCH3 is 1. The molecule has 0 radical (unpaired) electrons. The van der Waals surface area contributed by atoms with Gasteiger partial charge in [-0.15, -0.1) is 0 Å². The highest BCUT2D eigenvalue weighted by Crippen LogP contribution is 2.28. The Morgan fingerprint density at radius 1 is 1.16 bits per heavy atom. The van der Waals surface area contributed by atoms with E-state index in [9.17, 15) is 9.59 Å². The van der Waals surface area contributed by atoms with Gasteiger partial charge in [0.25, 0.3) is 0 Å². The van der Waals surface area contributed by atoms with Gasteiger partial charge in [0.15, 0.2) is 6.61 Å². The van der Waals surface area contributed by atoms with Crippen LogP contribution in [0.5, 0.6) is 0 Å². The summed E-state index contributed by atoms with van der Waals surface area (Å²) in [7, 11) is 1.67. The van der Waals surface area contributed by atoms with Gasteiger partial charge in [-0.1, -0.05) is 18.2 Å². The van der Waals surface area contributed by atoms with Crippen LogP contribution in [-0.2, 0) is 27.4 Å². The third-order valence-corrected chi connectivity index (χ3v) is 5.38. The molecule has 0 unspecified atom stereocenters. The van der Waals surface area contributed by atoms with Crippen LogP contribution in [-0.4, -0.2) is 42.7 Å². The van der Waals surface area contributed by atoms with Crippen molar-refractivity contribution < 1.29 is 28.2 Å². The third-order valence-electron chi connectivity index (χ3n) is 5.38. The van der Waals surface area contributed by atoms with Gasteiger partial charge in [-0.25, -0.2) is 4.79 Å². The number of Topliss-reactive ketones (excluding diaryl/α,β-unsaturated/α-hetero) is 1. The number of carbonyl (C=O) groups is 2. The van der Waals surface area contributed by atoms with E-state index in [0.29, 0.717) is 23.3 Å². The number of rotatable bonds is 11. The summed E-state index contributed by atoms with van der Waals surface area (Å²) in [5.41, 5.74) is 3.60. The van der Waals surface area contributed by atoms with Gasteiger partial charge in [0.05, 0.1) is 12.7 Å². The minimum Gasteiger partial charge on any atom is -0.451 e. The van der Waals surface area contributed by atoms with Crippen molar-refractivity contribution in [1.29, 1.82) is 0 Å². The summed E-state index contributed by atoms with van der Waals surface area (Å²) in [6.07, 6.45) is 0.844. The number of hydrogen-bond acceptors (Lipinski definition) is 6. The minimum atomic E-state index is -0.675. The molecule has 3 aromatic rings. The van der Waals surface area contributed by atoms with Gasteiger partial charge in [0.1, 0.15) is 5.58 Å². The Labute approximate surface area is 188 Å². The molecule has 0 saturated heterocycles. The highest BCUT2D eigenvalue weighted by atomic mass is 16.5. The molecular weight excluding hydrogens is 410 g/mol. The van der Waals surface area contributed by atoms with Crippen molar-refractivity contribution in [2.24, 2.45) is 0 Å². The summed E-state index contributed by atoms with van der Waals surface area (Å²) < 4.78 is 24.0. The molecule has 0 amide bonds. The van der Waals surface area contributed by atoms with E-state index in [1.807, 2.05) is 52.0 Å². The molecule has 7 nitrogen and oxygen atoms in total. The maximum Gasteiger partial charge on any atom is 0.375 e. The molecule has 0 aliphatic heterocycles. The van der Waals surface area contributed by atoms with Gasteiger partial charge in [0, 0.05) is 48.2 Å². The number of para-hydroxylation sites is 1. The maximum absolute atomic E-state index is 12.8. The van der Waals surface area contributed by atoms with Gasteiger partial charge < -0.3 is 23.2 Å². The summed E-state index contributed by atoms with van der Waals surface area (Å²) >= 11 is 0. The first-order valence-corrected chi connectivity index (χ1v) is 10.8. The van der Waals surface area contributed by atoms with Gasteiger partial charge in [-0.2, -0.15) is 0 Å². The molecule has 1 aromatic carbocycles. The van der Waals surface area contributed by atoms with Crippen LogP contribution in [0.4, 0.5) is 0 Å². The van der Waals surface area contributed by atoms with Crippen molar-refractivity contribution in [2.45, 2.75) is 53.4 Å². The first-order valence-electron chi connectivity index (χ1n) is 10.8. The number of benzene rings is 1. The highest BCUT2D eigenvalue weighted by molar-refractivity contribution is 6.01. The highest BCUT2D eigenvalue weighted by Gasteiger charge is 2.24. The summed E-state index contributed by atoms with van der Waals surface area (Å²) in [6.45, 7) is 8.97. The Hall–Kier alpha value is -2.90. The standard InChI is InChI=1S/C25H31NO6/c1-16(2)30-14-21-19-9-6-7-10-23(19)32-24(21)25(28)31-15-22(27)20-13-17(3)26(18(20)4)11-8-12-29-5/h6-7,9-10,13,16H,8,11-12,14-15H2,1-5H3. The average molecular weight is 442 g/mol. The minimum absolute atomic E-state index is 0.00625. The number of hydrogen-bond donors (Lipinski definition) is 0. The quantitative estimate of drug-likeness (QED) is 0.240. The molecule has 0 N–H and O–H groups in total. The largest absolute Gasteiger partial charge is 0.451 e. The van der Waals surface area contributed by atoms with E-state index in [-0.39, 0.29) is 30.9 Å². The zero-order chi connectivity index (χ0) is 23.3. The summed E-state index contributed by atoms with van der Waals surface area (Å²) in [6, 6.07) is 9.20. The van der Waals surface area contributed by atoms with E-state index in [0.717, 1.165) is 29.7 Å². The van der Waals surface area contributed by atoms with E-state index in [2.05, 4.69) is 4.57 Å². The third kappa shape index (κ3) is 5.29. The number of aryl methyl sites for hydroxylation is 1. The molecular formula is C25H31NO6. The number of fused-ring (bicyclic) bond motifs is 1. The molecule has 0 aliphatic carbocycles. The van der Waals surface area contributed by atoms with Gasteiger partial charge >= 0.3 is 5.97 Å². The lowest BCUT2D eigenvalue weighted by Crippen LogP contribution is -2.16. The zero-order valence-electron chi connectivity index (χ0n) is 19.4. The van der Waals surface area contributed by atoms with Crippen molar-refractivity contribution >= 4 is 22.7 Å². The SMILES string of the molecule is COCCCn1c(C)cc(C(=O)COC(=O)c2oc3ccccc3c2COC(C)C)c1C. The molecule has 2 aromatic heterocycles. The van der Waals surface area contributed by atoms with Crippen molar-refractivity contribution in [3.05, 3.63) is 58.6 Å². The number of furan rings is 1. The molecule has 0 atom stereocenters. The molecule has 0 bridgehead atoms. The number of ether oxygens (including phenoxy) is 3. The van der Waals surface area contributed by atoms with E-state index < -0.39 is 5.97 Å². The number of nitrogens with zero attached hydrogens (tertiary/aromatic N) is 1. The molecule has 3 rings (SSSR count). The van der Waals surface area contributed by atoms with Crippen LogP contribution < -0.4 is 0 Å². The van der Waals surface area contributed by atoms with Crippen LogP contribution >= 0.6 is 0 Å². The molecule has 0 spiro atoms. The molecule has 32 heavy (non-hydrogen) atoms. The molecule has 0 saturated carbocycles. The lowest BCUT2D eigenvalue weighted by atomic mass is 10.1. The van der Waals surface area contributed by atoms with Crippen LogP contribution in [0.1, 0.15) is 58.1 Å². The average Bonchev–Trinajstić information content (AvgIpc) is 3.28. The Balaban J connectivity index is 1.73. The molecule has 7 heteroatoms. The van der Waals surface area contributed by atoms with Crippen LogP contribution in [0, 0.1) is 13.8 Å². The van der Waals surface area contributed by atoms with Crippen molar-refractivity contribution in [3.63, 3.8) is 0 Å². The Morgan fingerprint density at radius 3 is 2.62 bits per heavy atom. The fourth-order valence-corrected chi connectivity index (χ4v) is 3.73. The predicted octanol–water partition coefficient (Wildman–Crippen LogP) is 4.85. The fraction of sp³-hybridized carbons (Fsp3) is 0.440. The van der Waals surface area contributed by atoms with Crippen LogP contribution in [0.15, 0.2) is 34.7 Å². The fourth-order valence-electron chi connectivity index (χ4n) is 3.73. The molecule has 0 aliphatic rings. The number of carbonyl (C=O) groups excluding carboxylic acids is 2. The molecule has 0 fully saturated rings. The predicted molar refractivity (Wildman–Crippen MR) is 121 cm³/mol. The summed E-state index contributed by atoms with van der Waals surface area (Å²) in [5, 5.41) is 0.797. The van der Waals surface area contributed by atoms with E-state index in [1.54, 1.807) is 13.2 Å². The first-order chi connectivity index (χ1) is 15.3. The van der Waals surface area contributed by atoms with E-state index >= 15 is 0 Å². The second-order valence-electron chi connectivity index (χ2n) is 8.05. The van der Waals surface area contributed by atoms with Crippen LogP contribution in [0.2, 0.25) is 0 Å². The van der Waals surface area contributed by atoms with Crippen LogP contribution in [0.3, 0.4) is 0 Å². The van der Waals surface area contributed by atoms with Gasteiger partial charge in [-0.05, 0) is 46.2 Å². The number of aromatic nitrogens is 1. The Kier molecular flexibility index (Phi) is 7.88. The van der Waals surface area contributed by atoms with E-state index in [1.165, 1.54) is 0 Å². The number of esters is 1. The van der Waals surface area contributed by atoms with Gasteiger partial charge in [-0.3, -0.25) is 4.79 Å². The van der Waals surface area contributed by atoms with Crippen molar-refractivity contribution in [3.8, 4) is 0 Å². The first kappa shape index (κ1) is 23.8. The van der Waals surface area contributed by atoms with Crippen molar-refractivity contribution in [2.75, 3.05) is 20.3 Å². The normalized spacial score (nSPS) is 11.4. The molecule has 172 valence electrons. The molecule has 2 heterocycles. The lowest BCUT2D eigenvalue weighted by Gasteiger charge is -2.10. The Bertz CT molecular complexity index is 1090. The van der Waals surface area contributed by atoms with Gasteiger partial charge in [0.2, 0.25) is 11.5 Å². The smallest absolute Gasteiger partial charge is 0.375 e. The summed E-state index contributed by atoms with van der Waals surface area (Å²) in [5.74, 6) is -0.851. The summed E-state index contributed by atoms with van der Waals surface area (Å²) in [4.78, 5) is 25.6. The van der Waals surface area contributed by atoms with Crippen LogP contribution in [0.25, 0.3) is 11.0 Å². The lowest BCUT2D eigenvalue weighted by molar-refractivity contribution is 0.0423. The van der Waals surface area contributed by atoms with Crippen molar-refractivity contribution in [1.82, 2.24) is 4.57 Å². The second-order valence-corrected chi connectivity index (χ2v) is 8.05.